The summed E-state index contributed by atoms with van der Waals surface area (Å²) in [6, 6.07) is 0.896. The zero-order valence-electron chi connectivity index (χ0n) is 8.64. The number of rotatable bonds is 2. The van der Waals surface area contributed by atoms with Crippen molar-refractivity contribution in [2.24, 2.45) is 11.3 Å². The van der Waals surface area contributed by atoms with E-state index in [-0.39, 0.29) is 0 Å². The van der Waals surface area contributed by atoms with Crippen LogP contribution < -0.4 is 0 Å². The highest BCUT2D eigenvalue weighted by Gasteiger charge is 2.50. The minimum Gasteiger partial charge on any atom is -0.303 e. The smallest absolute Gasteiger partial charge is 0.0101 e. The second kappa shape index (κ2) is 2.73. The minimum absolute atomic E-state index is 0.800. The average molecular weight is 167 g/mol. The van der Waals surface area contributed by atoms with Crippen LogP contribution in [-0.2, 0) is 0 Å². The third-order valence-electron chi connectivity index (χ3n) is 3.58. The Morgan fingerprint density at radius 2 is 2.08 bits per heavy atom. The molecule has 12 heavy (non-hydrogen) atoms. The molecule has 2 rings (SSSR count). The van der Waals surface area contributed by atoms with Gasteiger partial charge in [-0.1, -0.05) is 13.8 Å². The van der Waals surface area contributed by atoms with E-state index in [0.29, 0.717) is 0 Å². The Hall–Kier alpha value is -0.0400. The summed E-state index contributed by atoms with van der Waals surface area (Å²) in [5.74, 6) is 0.867. The summed E-state index contributed by atoms with van der Waals surface area (Å²) >= 11 is 0. The fourth-order valence-electron chi connectivity index (χ4n) is 2.72. The van der Waals surface area contributed by atoms with Gasteiger partial charge in [-0.3, -0.25) is 0 Å². The molecule has 1 saturated heterocycles. The van der Waals surface area contributed by atoms with Crippen LogP contribution in [0.3, 0.4) is 0 Å². The Balaban J connectivity index is 1.90. The fourth-order valence-corrected chi connectivity index (χ4v) is 2.72. The van der Waals surface area contributed by atoms with E-state index in [4.69, 9.17) is 0 Å². The van der Waals surface area contributed by atoms with Gasteiger partial charge in [0.1, 0.15) is 0 Å². The largest absolute Gasteiger partial charge is 0.303 e. The van der Waals surface area contributed by atoms with Crippen LogP contribution in [0.4, 0.5) is 0 Å². The first-order chi connectivity index (χ1) is 5.61. The van der Waals surface area contributed by atoms with Gasteiger partial charge in [-0.25, -0.2) is 0 Å². The van der Waals surface area contributed by atoms with E-state index in [1.165, 1.54) is 32.2 Å². The van der Waals surface area contributed by atoms with Crippen molar-refractivity contribution in [1.29, 1.82) is 0 Å². The average Bonchev–Trinajstić information content (AvgIpc) is 2.59. The molecule has 0 N–H and O–H groups in total. The molecule has 0 bridgehead atoms. The van der Waals surface area contributed by atoms with E-state index >= 15 is 0 Å². The molecule has 1 spiro atoms. The lowest BCUT2D eigenvalue weighted by molar-refractivity contribution is 0.271. The highest BCUT2D eigenvalue weighted by atomic mass is 15.2. The second-order valence-electron chi connectivity index (χ2n) is 5.40. The number of nitrogens with zero attached hydrogens (tertiary/aromatic N) is 1. The standard InChI is InChI=1S/C11H21N/c1-9(2)6-10-7-11(4-5-11)8-12(10)3/h9-10H,4-8H2,1-3H3/t10-/m1/s1. The molecule has 1 heteroatoms. The molecular weight excluding hydrogens is 146 g/mol. The van der Waals surface area contributed by atoms with Crippen LogP contribution in [-0.4, -0.2) is 24.5 Å². The van der Waals surface area contributed by atoms with Crippen LogP contribution in [0.5, 0.6) is 0 Å². The molecule has 0 aromatic carbocycles. The lowest BCUT2D eigenvalue weighted by Crippen LogP contribution is -2.26. The summed E-state index contributed by atoms with van der Waals surface area (Å²) in [4.78, 5) is 2.59. The molecule has 1 aliphatic heterocycles. The summed E-state index contributed by atoms with van der Waals surface area (Å²) in [6.07, 6.45) is 5.90. The molecule has 0 aromatic rings. The zero-order valence-corrected chi connectivity index (χ0v) is 8.64. The summed E-state index contributed by atoms with van der Waals surface area (Å²) < 4.78 is 0. The van der Waals surface area contributed by atoms with Crippen molar-refractivity contribution in [3.8, 4) is 0 Å². The second-order valence-corrected chi connectivity index (χ2v) is 5.40. The van der Waals surface area contributed by atoms with Gasteiger partial charge in [0, 0.05) is 12.6 Å². The van der Waals surface area contributed by atoms with E-state index < -0.39 is 0 Å². The number of likely N-dealkylation sites (tertiary alicyclic amines) is 1. The van der Waals surface area contributed by atoms with Crippen LogP contribution in [0.1, 0.15) is 39.5 Å². The highest BCUT2D eigenvalue weighted by molar-refractivity contribution is 5.03. The van der Waals surface area contributed by atoms with E-state index in [9.17, 15) is 0 Å². The molecule has 0 unspecified atom stereocenters. The summed E-state index contributed by atoms with van der Waals surface area (Å²) in [6.45, 7) is 6.06. The zero-order chi connectivity index (χ0) is 8.77. The molecule has 0 aromatic heterocycles. The third kappa shape index (κ3) is 1.52. The molecule has 1 nitrogen and oxygen atoms in total. The lowest BCUT2D eigenvalue weighted by atomic mass is 9.97. The Bertz CT molecular complexity index is 170. The van der Waals surface area contributed by atoms with Crippen LogP contribution >= 0.6 is 0 Å². The van der Waals surface area contributed by atoms with Gasteiger partial charge in [-0.15, -0.1) is 0 Å². The Morgan fingerprint density at radius 1 is 1.42 bits per heavy atom. The molecule has 2 fully saturated rings. The topological polar surface area (TPSA) is 3.24 Å². The first-order valence-electron chi connectivity index (χ1n) is 5.32. The first-order valence-corrected chi connectivity index (χ1v) is 5.32. The number of hydrogen-bond acceptors (Lipinski definition) is 1. The third-order valence-corrected chi connectivity index (χ3v) is 3.58. The molecule has 1 heterocycles. The van der Waals surface area contributed by atoms with Gasteiger partial charge in [0.25, 0.3) is 0 Å². The van der Waals surface area contributed by atoms with Gasteiger partial charge in [-0.2, -0.15) is 0 Å². The Morgan fingerprint density at radius 3 is 2.50 bits per heavy atom. The molecule has 2 aliphatic rings. The monoisotopic (exact) mass is 167 g/mol. The van der Waals surface area contributed by atoms with Crippen molar-refractivity contribution in [2.75, 3.05) is 13.6 Å². The van der Waals surface area contributed by atoms with Crippen LogP contribution in [0.2, 0.25) is 0 Å². The van der Waals surface area contributed by atoms with Crippen LogP contribution in [0.15, 0.2) is 0 Å². The van der Waals surface area contributed by atoms with Gasteiger partial charge in [0.15, 0.2) is 0 Å². The molecule has 0 radical (unpaired) electrons. The summed E-state index contributed by atoms with van der Waals surface area (Å²) in [5, 5.41) is 0. The Kier molecular flexibility index (Phi) is 1.95. The molecule has 1 atom stereocenters. The van der Waals surface area contributed by atoms with Gasteiger partial charge >= 0.3 is 0 Å². The van der Waals surface area contributed by atoms with Crippen molar-refractivity contribution in [1.82, 2.24) is 4.90 Å². The van der Waals surface area contributed by atoms with E-state index in [1.54, 1.807) is 0 Å². The van der Waals surface area contributed by atoms with Crippen molar-refractivity contribution in [2.45, 2.75) is 45.6 Å². The van der Waals surface area contributed by atoms with Crippen LogP contribution in [0, 0.1) is 11.3 Å². The normalized spacial score (nSPS) is 33.5. The molecule has 0 amide bonds. The maximum absolute atomic E-state index is 2.59. The van der Waals surface area contributed by atoms with Crippen molar-refractivity contribution >= 4 is 0 Å². The maximum atomic E-state index is 2.59. The molecular formula is C11H21N. The maximum Gasteiger partial charge on any atom is 0.0101 e. The SMILES string of the molecule is CC(C)C[C@@H]1CC2(CC2)CN1C. The fraction of sp³-hybridized carbons (Fsp3) is 1.00. The van der Waals surface area contributed by atoms with Gasteiger partial charge < -0.3 is 4.90 Å². The van der Waals surface area contributed by atoms with Gasteiger partial charge in [0.2, 0.25) is 0 Å². The van der Waals surface area contributed by atoms with Crippen molar-refractivity contribution < 1.29 is 0 Å². The quantitative estimate of drug-likeness (QED) is 0.611. The van der Waals surface area contributed by atoms with Crippen molar-refractivity contribution in [3.63, 3.8) is 0 Å². The number of hydrogen-bond donors (Lipinski definition) is 0. The van der Waals surface area contributed by atoms with E-state index in [0.717, 1.165) is 17.4 Å². The predicted octanol–water partition coefficient (Wildman–Crippen LogP) is 2.52. The van der Waals surface area contributed by atoms with E-state index in [2.05, 4.69) is 25.8 Å². The molecule has 70 valence electrons. The molecule has 1 saturated carbocycles. The Labute approximate surface area is 76.1 Å². The summed E-state index contributed by atoms with van der Waals surface area (Å²) in [7, 11) is 2.31. The van der Waals surface area contributed by atoms with Crippen LogP contribution in [0.25, 0.3) is 0 Å². The first kappa shape index (κ1) is 8.55. The van der Waals surface area contributed by atoms with Gasteiger partial charge in [0.05, 0.1) is 0 Å². The lowest BCUT2D eigenvalue weighted by Gasteiger charge is -2.20. The van der Waals surface area contributed by atoms with E-state index in [1.807, 2.05) is 0 Å². The highest BCUT2D eigenvalue weighted by Crippen LogP contribution is 2.55. The van der Waals surface area contributed by atoms with Gasteiger partial charge in [-0.05, 0) is 44.1 Å². The minimum atomic E-state index is 0.800. The molecule has 1 aliphatic carbocycles. The summed E-state index contributed by atoms with van der Waals surface area (Å²) in [5.41, 5.74) is 0.800. The van der Waals surface area contributed by atoms with Crippen molar-refractivity contribution in [3.05, 3.63) is 0 Å². The predicted molar refractivity (Wildman–Crippen MR) is 52.2 cm³/mol.